The monoisotopic (exact) mass is 280 g/mol. The van der Waals surface area contributed by atoms with Gasteiger partial charge in [0.25, 0.3) is 0 Å². The number of hydrogen-bond acceptors (Lipinski definition) is 3. The number of ether oxygens (including phenoxy) is 1. The molecular formula is C16H24O4. The Morgan fingerprint density at radius 1 is 1.15 bits per heavy atom. The zero-order valence-electron chi connectivity index (χ0n) is 12.3. The number of allylic oxidation sites excluding steroid dienone is 2. The number of unbranched alkanes of at least 4 members (excludes halogenated alkanes) is 3. The molecule has 20 heavy (non-hydrogen) atoms. The number of esters is 1. The van der Waals surface area contributed by atoms with Gasteiger partial charge in [0.15, 0.2) is 0 Å². The summed E-state index contributed by atoms with van der Waals surface area (Å²) in [5.74, 6) is -0.770. The molecule has 0 radical (unpaired) electrons. The molecule has 0 aromatic heterocycles. The van der Waals surface area contributed by atoms with E-state index in [1.165, 1.54) is 0 Å². The van der Waals surface area contributed by atoms with Gasteiger partial charge in [-0.15, -0.1) is 0 Å². The van der Waals surface area contributed by atoms with E-state index < -0.39 is 11.6 Å². The fourth-order valence-electron chi connectivity index (χ4n) is 2.14. The molecule has 0 aromatic carbocycles. The Bertz CT molecular complexity index is 397. The molecule has 1 aliphatic rings. The minimum Gasteiger partial charge on any atom is -0.481 e. The molecule has 0 bridgehead atoms. The number of carboxylic acid groups (broad SMARTS) is 1. The lowest BCUT2D eigenvalue weighted by Gasteiger charge is -2.32. The molecule has 2 unspecified atom stereocenters. The molecule has 0 spiro atoms. The van der Waals surface area contributed by atoms with Gasteiger partial charge in [0.05, 0.1) is 0 Å². The molecular weight excluding hydrogens is 256 g/mol. The van der Waals surface area contributed by atoms with E-state index in [0.717, 1.165) is 19.3 Å². The summed E-state index contributed by atoms with van der Waals surface area (Å²) in [4.78, 5) is 22.2. The van der Waals surface area contributed by atoms with Gasteiger partial charge in [-0.3, -0.25) is 9.59 Å². The van der Waals surface area contributed by atoms with Crippen molar-refractivity contribution in [3.63, 3.8) is 0 Å². The van der Waals surface area contributed by atoms with Gasteiger partial charge in [-0.2, -0.15) is 0 Å². The van der Waals surface area contributed by atoms with Crippen LogP contribution in [-0.2, 0) is 14.3 Å². The van der Waals surface area contributed by atoms with E-state index in [-0.39, 0.29) is 18.3 Å². The fraction of sp³-hybridized carbons (Fsp3) is 0.625. The highest BCUT2D eigenvalue weighted by molar-refractivity contribution is 5.70. The second-order valence-corrected chi connectivity index (χ2v) is 5.50. The number of carbonyl (C=O) groups excluding carboxylic acids is 1. The molecule has 0 amide bonds. The van der Waals surface area contributed by atoms with Gasteiger partial charge in [-0.25, -0.2) is 0 Å². The standard InChI is InChI=1S/C16H24O4/c1-13-9-7-8-12-16(13,2)20-15(19)11-6-4-3-5-10-14(17)18/h7-9,12-13H,3-6,10-11H2,1-2H3,(H,17,18). The molecule has 4 heteroatoms. The Hall–Kier alpha value is -1.58. The van der Waals surface area contributed by atoms with Crippen LogP contribution in [0.15, 0.2) is 24.3 Å². The van der Waals surface area contributed by atoms with E-state index in [2.05, 4.69) is 0 Å². The molecule has 0 saturated heterocycles. The lowest BCUT2D eigenvalue weighted by atomic mass is 9.87. The van der Waals surface area contributed by atoms with Crippen molar-refractivity contribution < 1.29 is 19.4 Å². The maximum atomic E-state index is 11.8. The van der Waals surface area contributed by atoms with Crippen LogP contribution in [0.5, 0.6) is 0 Å². The van der Waals surface area contributed by atoms with E-state index in [1.807, 2.05) is 38.2 Å². The van der Waals surface area contributed by atoms with E-state index >= 15 is 0 Å². The van der Waals surface area contributed by atoms with E-state index in [9.17, 15) is 9.59 Å². The molecule has 2 atom stereocenters. The molecule has 0 saturated carbocycles. The minimum absolute atomic E-state index is 0.173. The lowest BCUT2D eigenvalue weighted by Crippen LogP contribution is -2.36. The number of aliphatic carboxylic acids is 1. The number of hydrogen-bond donors (Lipinski definition) is 1. The Labute approximate surface area is 120 Å². The summed E-state index contributed by atoms with van der Waals surface area (Å²) in [6.45, 7) is 3.95. The maximum Gasteiger partial charge on any atom is 0.306 e. The summed E-state index contributed by atoms with van der Waals surface area (Å²) in [6, 6.07) is 0. The van der Waals surface area contributed by atoms with Gasteiger partial charge < -0.3 is 9.84 Å². The Balaban J connectivity index is 2.19. The second-order valence-electron chi connectivity index (χ2n) is 5.50. The van der Waals surface area contributed by atoms with E-state index in [0.29, 0.717) is 12.8 Å². The SMILES string of the molecule is CC1C=CC=CC1(C)OC(=O)CCCCCCC(=O)O. The van der Waals surface area contributed by atoms with E-state index in [1.54, 1.807) is 0 Å². The second kappa shape index (κ2) is 7.88. The normalized spacial score (nSPS) is 24.6. The van der Waals surface area contributed by atoms with Crippen LogP contribution < -0.4 is 0 Å². The first-order valence-electron chi connectivity index (χ1n) is 7.24. The van der Waals surface area contributed by atoms with Crippen molar-refractivity contribution in [3.05, 3.63) is 24.3 Å². The molecule has 4 nitrogen and oxygen atoms in total. The van der Waals surface area contributed by atoms with Crippen molar-refractivity contribution in [2.75, 3.05) is 0 Å². The number of rotatable bonds is 8. The molecule has 1 rings (SSSR count). The van der Waals surface area contributed by atoms with Crippen molar-refractivity contribution in [2.24, 2.45) is 5.92 Å². The molecule has 0 fully saturated rings. The summed E-state index contributed by atoms with van der Waals surface area (Å²) >= 11 is 0. The third-order valence-electron chi connectivity index (χ3n) is 3.70. The summed E-state index contributed by atoms with van der Waals surface area (Å²) in [5.41, 5.74) is -0.546. The zero-order valence-corrected chi connectivity index (χ0v) is 12.3. The first-order valence-corrected chi connectivity index (χ1v) is 7.24. The molecule has 1 N–H and O–H groups in total. The smallest absolute Gasteiger partial charge is 0.306 e. The maximum absolute atomic E-state index is 11.8. The van der Waals surface area contributed by atoms with Crippen LogP contribution in [0.3, 0.4) is 0 Å². The fourth-order valence-corrected chi connectivity index (χ4v) is 2.14. The highest BCUT2D eigenvalue weighted by Crippen LogP contribution is 2.28. The molecule has 112 valence electrons. The summed E-state index contributed by atoms with van der Waals surface area (Å²) in [6.07, 6.45) is 11.5. The van der Waals surface area contributed by atoms with Gasteiger partial charge in [0.2, 0.25) is 0 Å². The predicted octanol–water partition coefficient (Wildman–Crippen LogP) is 3.48. The first kappa shape index (κ1) is 16.5. The van der Waals surface area contributed by atoms with E-state index in [4.69, 9.17) is 9.84 Å². The average Bonchev–Trinajstić information content (AvgIpc) is 2.37. The largest absolute Gasteiger partial charge is 0.481 e. The van der Waals surface area contributed by atoms with Gasteiger partial charge in [0.1, 0.15) is 5.60 Å². The van der Waals surface area contributed by atoms with Gasteiger partial charge in [0, 0.05) is 18.8 Å². The van der Waals surface area contributed by atoms with Crippen molar-refractivity contribution in [1.82, 2.24) is 0 Å². The van der Waals surface area contributed by atoms with Crippen molar-refractivity contribution in [3.8, 4) is 0 Å². The van der Waals surface area contributed by atoms with Crippen LogP contribution in [0.2, 0.25) is 0 Å². The van der Waals surface area contributed by atoms with Crippen LogP contribution in [0.25, 0.3) is 0 Å². The minimum atomic E-state index is -0.761. The highest BCUT2D eigenvalue weighted by Gasteiger charge is 2.32. The van der Waals surface area contributed by atoms with Crippen LogP contribution in [-0.4, -0.2) is 22.6 Å². The average molecular weight is 280 g/mol. The van der Waals surface area contributed by atoms with Crippen molar-refractivity contribution in [2.45, 2.75) is 58.0 Å². The summed E-state index contributed by atoms with van der Waals surface area (Å²) in [7, 11) is 0. The van der Waals surface area contributed by atoms with Crippen LogP contribution >= 0.6 is 0 Å². The van der Waals surface area contributed by atoms with Gasteiger partial charge in [-0.05, 0) is 25.8 Å². The Morgan fingerprint density at radius 2 is 1.80 bits per heavy atom. The molecule has 0 heterocycles. The van der Waals surface area contributed by atoms with Gasteiger partial charge in [-0.1, -0.05) is 38.0 Å². The zero-order chi connectivity index (χ0) is 15.0. The van der Waals surface area contributed by atoms with Crippen LogP contribution in [0.1, 0.15) is 52.4 Å². The highest BCUT2D eigenvalue weighted by atomic mass is 16.6. The topological polar surface area (TPSA) is 63.6 Å². The van der Waals surface area contributed by atoms with Gasteiger partial charge >= 0.3 is 11.9 Å². The van der Waals surface area contributed by atoms with Crippen LogP contribution in [0.4, 0.5) is 0 Å². The molecule has 1 aliphatic carbocycles. The summed E-state index contributed by atoms with van der Waals surface area (Å²) < 4.78 is 5.56. The van der Waals surface area contributed by atoms with Crippen molar-refractivity contribution >= 4 is 11.9 Å². The molecule has 0 aliphatic heterocycles. The van der Waals surface area contributed by atoms with Crippen LogP contribution in [0, 0.1) is 5.92 Å². The number of carboxylic acids is 1. The third-order valence-corrected chi connectivity index (χ3v) is 3.70. The third kappa shape index (κ3) is 5.59. The first-order chi connectivity index (χ1) is 9.44. The quantitative estimate of drug-likeness (QED) is 0.546. The number of carbonyl (C=O) groups is 2. The Morgan fingerprint density at radius 3 is 2.40 bits per heavy atom. The lowest BCUT2D eigenvalue weighted by molar-refractivity contribution is -0.156. The molecule has 0 aromatic rings. The predicted molar refractivity (Wildman–Crippen MR) is 77.3 cm³/mol. The summed E-state index contributed by atoms with van der Waals surface area (Å²) in [5, 5.41) is 8.51. The Kier molecular flexibility index (Phi) is 6.49. The van der Waals surface area contributed by atoms with Crippen molar-refractivity contribution in [1.29, 1.82) is 0 Å².